The third-order valence-corrected chi connectivity index (χ3v) is 5.54. The number of nitrogens with one attached hydrogen (secondary N) is 2. The summed E-state index contributed by atoms with van der Waals surface area (Å²) in [5.74, 6) is -0.377. The van der Waals surface area contributed by atoms with E-state index in [-0.39, 0.29) is 12.5 Å². The van der Waals surface area contributed by atoms with Gasteiger partial charge in [-0.05, 0) is 42.4 Å². The molecule has 1 unspecified atom stereocenters. The number of amides is 4. The number of rotatable bonds is 8. The Morgan fingerprint density at radius 1 is 1.07 bits per heavy atom. The van der Waals surface area contributed by atoms with Crippen molar-refractivity contribution >= 4 is 17.8 Å². The highest BCUT2D eigenvalue weighted by Gasteiger charge is 2.49. The maximum atomic E-state index is 13.0. The summed E-state index contributed by atoms with van der Waals surface area (Å²) in [7, 11) is 0. The second-order valence-corrected chi connectivity index (χ2v) is 8.16. The number of hydrogen-bond donors (Lipinski definition) is 2. The Morgan fingerprint density at radius 2 is 1.73 bits per heavy atom. The van der Waals surface area contributed by atoms with Gasteiger partial charge in [0.15, 0.2) is 0 Å². The Kier molecular flexibility index (Phi) is 6.55. The van der Waals surface area contributed by atoms with Crippen LogP contribution in [0.5, 0.6) is 0 Å². The maximum absolute atomic E-state index is 13.0. The molecule has 6 nitrogen and oxygen atoms in total. The van der Waals surface area contributed by atoms with E-state index in [0.717, 1.165) is 23.3 Å². The predicted octanol–water partition coefficient (Wildman–Crippen LogP) is 3.33. The molecule has 6 heteroatoms. The molecule has 1 aliphatic rings. The van der Waals surface area contributed by atoms with Gasteiger partial charge in [0.25, 0.3) is 5.91 Å². The van der Waals surface area contributed by atoms with Crippen molar-refractivity contribution in [2.24, 2.45) is 0 Å². The predicted molar refractivity (Wildman–Crippen MR) is 116 cm³/mol. The lowest BCUT2D eigenvalue weighted by Crippen LogP contribution is -2.43. The molecule has 158 valence electrons. The summed E-state index contributed by atoms with van der Waals surface area (Å²) in [5, 5.41) is 5.54. The number of hydrogen-bond acceptors (Lipinski definition) is 3. The molecule has 30 heavy (non-hydrogen) atoms. The number of carbonyl (C=O) groups excluding carboxylic acids is 3. The first-order valence-electron chi connectivity index (χ1n) is 10.4. The molecule has 2 N–H and O–H groups in total. The first-order valence-corrected chi connectivity index (χ1v) is 10.4. The van der Waals surface area contributed by atoms with Gasteiger partial charge in [-0.2, -0.15) is 0 Å². The molecule has 1 atom stereocenters. The van der Waals surface area contributed by atoms with E-state index in [1.807, 2.05) is 54.6 Å². The van der Waals surface area contributed by atoms with Crippen LogP contribution in [0.15, 0.2) is 54.6 Å². The molecule has 0 radical (unpaired) electrons. The minimum absolute atomic E-state index is 0.282. The van der Waals surface area contributed by atoms with E-state index in [0.29, 0.717) is 18.0 Å². The van der Waals surface area contributed by atoms with Gasteiger partial charge in [0, 0.05) is 6.54 Å². The monoisotopic (exact) mass is 407 g/mol. The van der Waals surface area contributed by atoms with Crippen molar-refractivity contribution in [3.8, 4) is 0 Å². The maximum Gasteiger partial charge on any atom is 0.325 e. The molecular formula is C24H29N3O3. The second kappa shape index (κ2) is 9.11. The van der Waals surface area contributed by atoms with Crippen molar-refractivity contribution in [3.63, 3.8) is 0 Å². The van der Waals surface area contributed by atoms with Crippen LogP contribution < -0.4 is 10.6 Å². The lowest BCUT2D eigenvalue weighted by molar-refractivity contribution is -0.134. The van der Waals surface area contributed by atoms with E-state index in [2.05, 4.69) is 24.5 Å². The lowest BCUT2D eigenvalue weighted by Gasteiger charge is -2.22. The Hall–Kier alpha value is -3.15. The summed E-state index contributed by atoms with van der Waals surface area (Å²) in [6.07, 6.45) is 1.64. The summed E-state index contributed by atoms with van der Waals surface area (Å²) in [5.41, 5.74) is 1.90. The summed E-state index contributed by atoms with van der Waals surface area (Å²) in [6.45, 7) is 6.08. The van der Waals surface area contributed by atoms with Gasteiger partial charge in [-0.15, -0.1) is 0 Å². The quantitative estimate of drug-likeness (QED) is 0.520. The Morgan fingerprint density at radius 3 is 2.37 bits per heavy atom. The standard InChI is InChI=1S/C24H29N3O3/c1-17(2)19-11-13-20(14-12-19)24(3)22(29)27(23(30)26-24)16-21(28)25-15-7-10-18-8-5-4-6-9-18/h4-6,8-9,11-14,17H,7,10,15-16H2,1-3H3,(H,25,28)(H,26,30). The van der Waals surface area contributed by atoms with Crippen molar-refractivity contribution in [2.75, 3.05) is 13.1 Å². The molecule has 1 aliphatic heterocycles. The molecule has 0 aliphatic carbocycles. The molecule has 0 saturated carbocycles. The van der Waals surface area contributed by atoms with Crippen LogP contribution in [0.1, 0.15) is 49.8 Å². The molecule has 3 rings (SSSR count). The van der Waals surface area contributed by atoms with Gasteiger partial charge < -0.3 is 10.6 Å². The topological polar surface area (TPSA) is 78.5 Å². The van der Waals surface area contributed by atoms with Crippen molar-refractivity contribution < 1.29 is 14.4 Å². The average Bonchev–Trinajstić information content (AvgIpc) is 2.96. The third kappa shape index (κ3) is 4.70. The summed E-state index contributed by atoms with van der Waals surface area (Å²) >= 11 is 0. The third-order valence-electron chi connectivity index (χ3n) is 5.54. The zero-order chi connectivity index (χ0) is 21.7. The van der Waals surface area contributed by atoms with Gasteiger partial charge in [0.2, 0.25) is 5.91 Å². The van der Waals surface area contributed by atoms with Crippen molar-refractivity contribution in [1.82, 2.24) is 15.5 Å². The number of benzene rings is 2. The van der Waals surface area contributed by atoms with Crippen LogP contribution in [0.2, 0.25) is 0 Å². The molecule has 0 bridgehead atoms. The summed E-state index contributed by atoms with van der Waals surface area (Å²) < 4.78 is 0. The van der Waals surface area contributed by atoms with E-state index < -0.39 is 17.5 Å². The highest BCUT2D eigenvalue weighted by atomic mass is 16.2. The number of urea groups is 1. The first-order chi connectivity index (χ1) is 14.3. The normalized spacial score (nSPS) is 18.6. The van der Waals surface area contributed by atoms with E-state index >= 15 is 0 Å². The summed E-state index contributed by atoms with van der Waals surface area (Å²) in [4.78, 5) is 38.7. The van der Waals surface area contributed by atoms with Crippen LogP contribution in [0.3, 0.4) is 0 Å². The molecule has 1 fully saturated rings. The second-order valence-electron chi connectivity index (χ2n) is 8.16. The van der Waals surface area contributed by atoms with Crippen LogP contribution >= 0.6 is 0 Å². The first kappa shape index (κ1) is 21.6. The molecule has 4 amide bonds. The van der Waals surface area contributed by atoms with Gasteiger partial charge in [-0.25, -0.2) is 4.79 Å². The van der Waals surface area contributed by atoms with Gasteiger partial charge in [-0.3, -0.25) is 14.5 Å². The largest absolute Gasteiger partial charge is 0.355 e. The van der Waals surface area contributed by atoms with E-state index in [9.17, 15) is 14.4 Å². The molecule has 0 spiro atoms. The van der Waals surface area contributed by atoms with Crippen molar-refractivity contribution in [1.29, 1.82) is 0 Å². The molecular weight excluding hydrogens is 378 g/mol. The zero-order valence-electron chi connectivity index (χ0n) is 17.8. The molecule has 2 aromatic rings. The fraction of sp³-hybridized carbons (Fsp3) is 0.375. The summed E-state index contributed by atoms with van der Waals surface area (Å²) in [6, 6.07) is 17.1. The average molecular weight is 408 g/mol. The molecule has 1 saturated heterocycles. The van der Waals surface area contributed by atoms with E-state index in [1.165, 1.54) is 5.56 Å². The highest BCUT2D eigenvalue weighted by molar-refractivity contribution is 6.09. The number of carbonyl (C=O) groups is 3. The number of aryl methyl sites for hydroxylation is 1. The SMILES string of the molecule is CC(C)c1ccc(C2(C)NC(=O)N(CC(=O)NCCCc3ccccc3)C2=O)cc1. The smallest absolute Gasteiger partial charge is 0.325 e. The van der Waals surface area contributed by atoms with Crippen LogP contribution in [0, 0.1) is 0 Å². The molecule has 2 aromatic carbocycles. The number of nitrogens with zero attached hydrogens (tertiary/aromatic N) is 1. The highest BCUT2D eigenvalue weighted by Crippen LogP contribution is 2.29. The van der Waals surface area contributed by atoms with E-state index in [4.69, 9.17) is 0 Å². The molecule has 1 heterocycles. The fourth-order valence-corrected chi connectivity index (χ4v) is 3.60. The van der Waals surface area contributed by atoms with Gasteiger partial charge in [0.1, 0.15) is 12.1 Å². The van der Waals surface area contributed by atoms with Crippen LogP contribution in [-0.4, -0.2) is 35.8 Å². The Labute approximate surface area is 177 Å². The van der Waals surface area contributed by atoms with Crippen LogP contribution in [-0.2, 0) is 21.5 Å². The Bertz CT molecular complexity index is 909. The zero-order valence-corrected chi connectivity index (χ0v) is 17.8. The van der Waals surface area contributed by atoms with Gasteiger partial charge in [0.05, 0.1) is 0 Å². The lowest BCUT2D eigenvalue weighted by atomic mass is 9.90. The van der Waals surface area contributed by atoms with Gasteiger partial charge in [-0.1, -0.05) is 68.4 Å². The van der Waals surface area contributed by atoms with Gasteiger partial charge >= 0.3 is 6.03 Å². The fourth-order valence-electron chi connectivity index (χ4n) is 3.60. The van der Waals surface area contributed by atoms with Crippen molar-refractivity contribution in [3.05, 3.63) is 71.3 Å². The van der Waals surface area contributed by atoms with Crippen LogP contribution in [0.4, 0.5) is 4.79 Å². The number of imide groups is 1. The molecule has 0 aromatic heterocycles. The minimum atomic E-state index is -1.17. The van der Waals surface area contributed by atoms with Crippen LogP contribution in [0.25, 0.3) is 0 Å². The minimum Gasteiger partial charge on any atom is -0.355 e. The van der Waals surface area contributed by atoms with E-state index in [1.54, 1.807) is 6.92 Å². The van der Waals surface area contributed by atoms with Crippen molar-refractivity contribution in [2.45, 2.75) is 45.1 Å². The Balaban J connectivity index is 1.55.